The third-order valence-corrected chi connectivity index (χ3v) is 3.57. The summed E-state index contributed by atoms with van der Waals surface area (Å²) in [6.07, 6.45) is 1.30. The Bertz CT molecular complexity index is 285. The van der Waals surface area contributed by atoms with Crippen molar-refractivity contribution >= 4 is 17.4 Å². The Hall–Kier alpha value is -0.630. The van der Waals surface area contributed by atoms with Gasteiger partial charge in [-0.1, -0.05) is 12.1 Å². The summed E-state index contributed by atoms with van der Waals surface area (Å²) in [5.74, 6) is 1.26. The molecular weight excluding hydrogens is 178 g/mol. The van der Waals surface area contributed by atoms with Crippen LogP contribution in [0.5, 0.6) is 0 Å². The fraction of sp³-hybridized carbons (Fsp3) is 0.455. The van der Waals surface area contributed by atoms with Crippen molar-refractivity contribution in [1.29, 1.82) is 0 Å². The third kappa shape index (κ3) is 1.83. The first-order chi connectivity index (χ1) is 6.42. The number of fused-ring (bicyclic) bond motifs is 1. The normalized spacial score (nSPS) is 16.5. The molecule has 0 saturated heterocycles. The molecule has 0 spiro atoms. The van der Waals surface area contributed by atoms with E-state index in [0.717, 1.165) is 6.54 Å². The fourth-order valence-electron chi connectivity index (χ4n) is 1.73. The lowest BCUT2D eigenvalue weighted by Gasteiger charge is -2.22. The van der Waals surface area contributed by atoms with E-state index < -0.39 is 0 Å². The standard InChI is InChI=1S/C11H15NS/c1-2-12-8-5-9-13-11-7-4-3-6-10(11)12/h3-4,6-7H,2,5,8-9H2,1H3. The average Bonchev–Trinajstić information content (AvgIpc) is 2.39. The maximum absolute atomic E-state index is 2.47. The van der Waals surface area contributed by atoms with Gasteiger partial charge in [-0.15, -0.1) is 11.8 Å². The van der Waals surface area contributed by atoms with Crippen LogP contribution >= 0.6 is 11.8 Å². The van der Waals surface area contributed by atoms with Gasteiger partial charge in [0.05, 0.1) is 5.69 Å². The van der Waals surface area contributed by atoms with Gasteiger partial charge in [0.1, 0.15) is 0 Å². The van der Waals surface area contributed by atoms with E-state index in [1.807, 2.05) is 11.8 Å². The number of nitrogens with zero attached hydrogens (tertiary/aromatic N) is 1. The topological polar surface area (TPSA) is 3.24 Å². The van der Waals surface area contributed by atoms with Gasteiger partial charge in [0, 0.05) is 18.0 Å². The predicted octanol–water partition coefficient (Wildman–Crippen LogP) is 3.01. The maximum Gasteiger partial charge on any atom is 0.0504 e. The van der Waals surface area contributed by atoms with Crippen LogP contribution in [0.15, 0.2) is 29.2 Å². The fourth-order valence-corrected chi connectivity index (χ4v) is 2.74. The van der Waals surface area contributed by atoms with Gasteiger partial charge in [0.15, 0.2) is 0 Å². The average molecular weight is 193 g/mol. The Kier molecular flexibility index (Phi) is 2.79. The van der Waals surface area contributed by atoms with Gasteiger partial charge in [-0.05, 0) is 31.2 Å². The quantitative estimate of drug-likeness (QED) is 0.674. The molecule has 2 rings (SSSR count). The number of anilines is 1. The summed E-state index contributed by atoms with van der Waals surface area (Å²) in [6.45, 7) is 4.56. The molecule has 70 valence electrons. The Morgan fingerprint density at radius 2 is 2.23 bits per heavy atom. The van der Waals surface area contributed by atoms with E-state index in [9.17, 15) is 0 Å². The van der Waals surface area contributed by atoms with Crippen LogP contribution < -0.4 is 4.90 Å². The Morgan fingerprint density at radius 3 is 3.08 bits per heavy atom. The lowest BCUT2D eigenvalue weighted by atomic mass is 10.2. The van der Waals surface area contributed by atoms with Gasteiger partial charge < -0.3 is 4.90 Å². The smallest absolute Gasteiger partial charge is 0.0504 e. The van der Waals surface area contributed by atoms with E-state index in [1.165, 1.54) is 29.3 Å². The highest BCUT2D eigenvalue weighted by Crippen LogP contribution is 2.32. The second-order valence-electron chi connectivity index (χ2n) is 3.25. The lowest BCUT2D eigenvalue weighted by Crippen LogP contribution is -2.23. The molecule has 1 aliphatic rings. The highest BCUT2D eigenvalue weighted by Gasteiger charge is 2.12. The molecule has 0 aromatic heterocycles. The molecule has 0 unspecified atom stereocenters. The van der Waals surface area contributed by atoms with Crippen LogP contribution in [0.1, 0.15) is 13.3 Å². The molecule has 1 heterocycles. The third-order valence-electron chi connectivity index (χ3n) is 2.42. The highest BCUT2D eigenvalue weighted by molar-refractivity contribution is 7.99. The van der Waals surface area contributed by atoms with Gasteiger partial charge in [0.2, 0.25) is 0 Å². The summed E-state index contributed by atoms with van der Waals surface area (Å²) < 4.78 is 0. The number of hydrogen-bond acceptors (Lipinski definition) is 2. The Balaban J connectivity index is 2.35. The minimum Gasteiger partial charge on any atom is -0.371 e. The van der Waals surface area contributed by atoms with Crippen LogP contribution in [0.25, 0.3) is 0 Å². The zero-order chi connectivity index (χ0) is 9.10. The minimum absolute atomic E-state index is 1.12. The molecule has 0 bridgehead atoms. The monoisotopic (exact) mass is 193 g/mol. The number of rotatable bonds is 1. The van der Waals surface area contributed by atoms with Crippen molar-refractivity contribution in [1.82, 2.24) is 0 Å². The number of para-hydroxylation sites is 1. The van der Waals surface area contributed by atoms with Gasteiger partial charge in [-0.2, -0.15) is 0 Å². The molecular formula is C11H15NS. The molecule has 1 aromatic rings. The van der Waals surface area contributed by atoms with Crippen LogP contribution in [0.3, 0.4) is 0 Å². The van der Waals surface area contributed by atoms with Crippen molar-refractivity contribution in [3.05, 3.63) is 24.3 Å². The van der Waals surface area contributed by atoms with Gasteiger partial charge >= 0.3 is 0 Å². The van der Waals surface area contributed by atoms with E-state index in [-0.39, 0.29) is 0 Å². The Morgan fingerprint density at radius 1 is 1.38 bits per heavy atom. The van der Waals surface area contributed by atoms with Crippen molar-refractivity contribution in [2.75, 3.05) is 23.7 Å². The lowest BCUT2D eigenvalue weighted by molar-refractivity contribution is 0.798. The van der Waals surface area contributed by atoms with Crippen LogP contribution in [0.4, 0.5) is 5.69 Å². The molecule has 0 saturated carbocycles. The zero-order valence-electron chi connectivity index (χ0n) is 7.99. The van der Waals surface area contributed by atoms with E-state index in [1.54, 1.807) is 0 Å². The zero-order valence-corrected chi connectivity index (χ0v) is 8.81. The molecule has 1 nitrogen and oxygen atoms in total. The summed E-state index contributed by atoms with van der Waals surface area (Å²) in [7, 11) is 0. The maximum atomic E-state index is 2.47. The molecule has 0 N–H and O–H groups in total. The Labute approximate surface area is 84.1 Å². The molecule has 1 aromatic carbocycles. The van der Waals surface area contributed by atoms with E-state index in [4.69, 9.17) is 0 Å². The van der Waals surface area contributed by atoms with Crippen molar-refractivity contribution in [2.45, 2.75) is 18.2 Å². The van der Waals surface area contributed by atoms with Crippen LogP contribution in [0.2, 0.25) is 0 Å². The summed E-state index contributed by atoms with van der Waals surface area (Å²) in [5.41, 5.74) is 1.42. The molecule has 0 atom stereocenters. The first-order valence-corrected chi connectivity index (χ1v) is 5.87. The largest absolute Gasteiger partial charge is 0.371 e. The molecule has 0 aliphatic carbocycles. The first kappa shape index (κ1) is 8.95. The minimum atomic E-state index is 1.12. The summed E-state index contributed by atoms with van der Waals surface area (Å²) >= 11 is 1.99. The molecule has 0 amide bonds. The second-order valence-corrected chi connectivity index (χ2v) is 4.39. The molecule has 1 aliphatic heterocycles. The van der Waals surface area contributed by atoms with Gasteiger partial charge in [0.25, 0.3) is 0 Å². The summed E-state index contributed by atoms with van der Waals surface area (Å²) in [5, 5.41) is 0. The molecule has 13 heavy (non-hydrogen) atoms. The van der Waals surface area contributed by atoms with E-state index in [2.05, 4.69) is 36.1 Å². The van der Waals surface area contributed by atoms with Crippen LogP contribution in [-0.4, -0.2) is 18.8 Å². The predicted molar refractivity (Wildman–Crippen MR) is 59.7 cm³/mol. The van der Waals surface area contributed by atoms with Gasteiger partial charge in [-0.25, -0.2) is 0 Å². The van der Waals surface area contributed by atoms with Crippen LogP contribution in [0, 0.1) is 0 Å². The molecule has 0 fully saturated rings. The van der Waals surface area contributed by atoms with Crippen molar-refractivity contribution < 1.29 is 0 Å². The van der Waals surface area contributed by atoms with Crippen molar-refractivity contribution in [3.8, 4) is 0 Å². The molecule has 2 heteroatoms. The van der Waals surface area contributed by atoms with E-state index in [0.29, 0.717) is 0 Å². The summed E-state index contributed by atoms with van der Waals surface area (Å²) in [4.78, 5) is 3.91. The second kappa shape index (κ2) is 4.05. The van der Waals surface area contributed by atoms with Crippen LogP contribution in [-0.2, 0) is 0 Å². The highest BCUT2D eigenvalue weighted by atomic mass is 32.2. The van der Waals surface area contributed by atoms with Gasteiger partial charge in [-0.3, -0.25) is 0 Å². The van der Waals surface area contributed by atoms with Crippen molar-refractivity contribution in [2.24, 2.45) is 0 Å². The number of hydrogen-bond donors (Lipinski definition) is 0. The molecule has 0 radical (unpaired) electrons. The first-order valence-electron chi connectivity index (χ1n) is 4.88. The number of benzene rings is 1. The number of thioether (sulfide) groups is 1. The van der Waals surface area contributed by atoms with Crippen molar-refractivity contribution in [3.63, 3.8) is 0 Å². The SMILES string of the molecule is CCN1CCCSc2ccccc21. The van der Waals surface area contributed by atoms with E-state index >= 15 is 0 Å². The summed E-state index contributed by atoms with van der Waals surface area (Å²) in [6, 6.07) is 8.73.